The molecule has 2 aliphatic rings. The van der Waals surface area contributed by atoms with Crippen molar-refractivity contribution in [1.29, 1.82) is 0 Å². The molecule has 0 amide bonds. The number of ether oxygens (including phenoxy) is 1. The van der Waals surface area contributed by atoms with E-state index < -0.39 is 0 Å². The molecule has 0 aromatic carbocycles. The van der Waals surface area contributed by atoms with Gasteiger partial charge < -0.3 is 15.4 Å². The summed E-state index contributed by atoms with van der Waals surface area (Å²) in [5.74, 6) is 0. The minimum absolute atomic E-state index is 0.227. The van der Waals surface area contributed by atoms with E-state index in [4.69, 9.17) is 10.5 Å². The smallest absolute Gasteiger partial charge is 0.0829 e. The molecule has 1 aliphatic carbocycles. The summed E-state index contributed by atoms with van der Waals surface area (Å²) in [7, 11) is 2.19. The number of nitrogens with two attached hydrogens (primary N) is 1. The number of hydrogen-bond acceptors (Lipinski definition) is 4. The summed E-state index contributed by atoms with van der Waals surface area (Å²) in [5, 5.41) is 0. The molecule has 1 unspecified atom stereocenters. The van der Waals surface area contributed by atoms with Crippen LogP contribution in [0.2, 0.25) is 0 Å². The van der Waals surface area contributed by atoms with E-state index >= 15 is 0 Å². The molecule has 0 spiro atoms. The molecule has 1 saturated heterocycles. The Morgan fingerprint density at radius 2 is 1.95 bits per heavy atom. The van der Waals surface area contributed by atoms with Crippen molar-refractivity contribution in [2.24, 2.45) is 5.73 Å². The predicted octanol–water partition coefficient (Wildman–Crippen LogP) is 1.69. The summed E-state index contributed by atoms with van der Waals surface area (Å²) >= 11 is 0. The molecular weight excluding hydrogens is 250 g/mol. The molecule has 1 heterocycles. The van der Waals surface area contributed by atoms with Crippen molar-refractivity contribution in [2.75, 3.05) is 46.4 Å². The van der Waals surface area contributed by atoms with E-state index in [1.165, 1.54) is 38.5 Å². The first-order chi connectivity index (χ1) is 9.70. The fourth-order valence-electron chi connectivity index (χ4n) is 3.92. The summed E-state index contributed by atoms with van der Waals surface area (Å²) in [5.41, 5.74) is 6.45. The molecule has 0 bridgehead atoms. The van der Waals surface area contributed by atoms with E-state index in [1.54, 1.807) is 0 Å². The summed E-state index contributed by atoms with van der Waals surface area (Å²) in [4.78, 5) is 5.01. The van der Waals surface area contributed by atoms with Crippen molar-refractivity contribution in [3.05, 3.63) is 0 Å². The van der Waals surface area contributed by atoms with Crippen molar-refractivity contribution in [1.82, 2.24) is 9.80 Å². The molecule has 118 valence electrons. The van der Waals surface area contributed by atoms with Crippen molar-refractivity contribution >= 4 is 0 Å². The van der Waals surface area contributed by atoms with E-state index in [2.05, 4.69) is 23.8 Å². The minimum atomic E-state index is 0.227. The van der Waals surface area contributed by atoms with Gasteiger partial charge in [-0.2, -0.15) is 0 Å². The molecule has 0 radical (unpaired) electrons. The van der Waals surface area contributed by atoms with E-state index in [-0.39, 0.29) is 5.54 Å². The SMILES string of the molecule is CCN(CC1CN(C)CCO1)C1(CN)CCCCCC1. The van der Waals surface area contributed by atoms with Gasteiger partial charge in [0, 0.05) is 31.7 Å². The van der Waals surface area contributed by atoms with E-state index in [9.17, 15) is 0 Å². The lowest BCUT2D eigenvalue weighted by molar-refractivity contribution is -0.0548. The molecule has 1 saturated carbocycles. The molecule has 0 aromatic heterocycles. The van der Waals surface area contributed by atoms with Gasteiger partial charge in [0.25, 0.3) is 0 Å². The molecule has 1 atom stereocenters. The Morgan fingerprint density at radius 1 is 1.25 bits per heavy atom. The van der Waals surface area contributed by atoms with Crippen molar-refractivity contribution < 1.29 is 4.74 Å². The lowest BCUT2D eigenvalue weighted by Crippen LogP contribution is -2.57. The Labute approximate surface area is 124 Å². The van der Waals surface area contributed by atoms with Crippen LogP contribution >= 0.6 is 0 Å². The molecule has 20 heavy (non-hydrogen) atoms. The van der Waals surface area contributed by atoms with Crippen molar-refractivity contribution in [3.63, 3.8) is 0 Å². The van der Waals surface area contributed by atoms with Gasteiger partial charge in [0.1, 0.15) is 0 Å². The zero-order valence-electron chi connectivity index (χ0n) is 13.4. The van der Waals surface area contributed by atoms with Gasteiger partial charge in [-0.15, -0.1) is 0 Å². The zero-order valence-corrected chi connectivity index (χ0v) is 13.4. The van der Waals surface area contributed by atoms with Crippen LogP contribution in [0.25, 0.3) is 0 Å². The van der Waals surface area contributed by atoms with Gasteiger partial charge in [0.05, 0.1) is 12.7 Å². The van der Waals surface area contributed by atoms with Crippen LogP contribution in [-0.2, 0) is 4.74 Å². The second-order valence-electron chi connectivity index (χ2n) is 6.64. The largest absolute Gasteiger partial charge is 0.374 e. The van der Waals surface area contributed by atoms with Gasteiger partial charge in [-0.3, -0.25) is 4.90 Å². The Morgan fingerprint density at radius 3 is 2.50 bits per heavy atom. The summed E-state index contributed by atoms with van der Waals surface area (Å²) in [6, 6.07) is 0. The second-order valence-corrected chi connectivity index (χ2v) is 6.64. The van der Waals surface area contributed by atoms with Crippen LogP contribution in [0.1, 0.15) is 45.4 Å². The third kappa shape index (κ3) is 3.94. The molecule has 4 heteroatoms. The standard InChI is InChI=1S/C16H33N3O/c1-3-19(13-15-12-18(2)10-11-20-15)16(14-17)8-6-4-5-7-9-16/h15H,3-14,17H2,1-2H3. The highest BCUT2D eigenvalue weighted by atomic mass is 16.5. The van der Waals surface area contributed by atoms with E-state index in [0.29, 0.717) is 6.10 Å². The topological polar surface area (TPSA) is 41.7 Å². The average Bonchev–Trinajstić information content (AvgIpc) is 2.71. The molecule has 1 aliphatic heterocycles. The molecular formula is C16H33N3O. The number of likely N-dealkylation sites (N-methyl/N-ethyl adjacent to an activating group) is 2. The molecule has 4 nitrogen and oxygen atoms in total. The van der Waals surface area contributed by atoms with Crippen molar-refractivity contribution in [3.8, 4) is 0 Å². The van der Waals surface area contributed by atoms with Gasteiger partial charge in [0.15, 0.2) is 0 Å². The fraction of sp³-hybridized carbons (Fsp3) is 1.00. The number of morpholine rings is 1. The van der Waals surface area contributed by atoms with Crippen LogP contribution in [0.5, 0.6) is 0 Å². The maximum Gasteiger partial charge on any atom is 0.0829 e. The monoisotopic (exact) mass is 283 g/mol. The Balaban J connectivity index is 2.00. The quantitative estimate of drug-likeness (QED) is 0.780. The van der Waals surface area contributed by atoms with Crippen LogP contribution in [-0.4, -0.2) is 67.8 Å². The van der Waals surface area contributed by atoms with E-state index in [0.717, 1.165) is 39.3 Å². The van der Waals surface area contributed by atoms with Gasteiger partial charge in [-0.05, 0) is 26.4 Å². The highest BCUT2D eigenvalue weighted by Crippen LogP contribution is 2.32. The number of rotatable bonds is 5. The van der Waals surface area contributed by atoms with Crippen molar-refractivity contribution in [2.45, 2.75) is 57.1 Å². The van der Waals surface area contributed by atoms with Crippen LogP contribution in [0, 0.1) is 0 Å². The van der Waals surface area contributed by atoms with Gasteiger partial charge >= 0.3 is 0 Å². The third-order valence-electron chi connectivity index (χ3n) is 5.23. The Bertz CT molecular complexity index is 277. The normalized spacial score (nSPS) is 28.5. The van der Waals surface area contributed by atoms with Crippen LogP contribution < -0.4 is 5.73 Å². The fourth-order valence-corrected chi connectivity index (χ4v) is 3.92. The lowest BCUT2D eigenvalue weighted by atomic mass is 9.87. The van der Waals surface area contributed by atoms with Crippen LogP contribution in [0.4, 0.5) is 0 Å². The van der Waals surface area contributed by atoms with Gasteiger partial charge in [-0.1, -0.05) is 32.6 Å². The van der Waals surface area contributed by atoms with Gasteiger partial charge in [0.2, 0.25) is 0 Å². The maximum atomic E-state index is 6.22. The van der Waals surface area contributed by atoms with Gasteiger partial charge in [-0.25, -0.2) is 0 Å². The first kappa shape index (κ1) is 16.2. The Kier molecular flexibility index (Phi) is 6.27. The van der Waals surface area contributed by atoms with E-state index in [1.807, 2.05) is 0 Å². The minimum Gasteiger partial charge on any atom is -0.374 e. The lowest BCUT2D eigenvalue weighted by Gasteiger charge is -2.45. The first-order valence-electron chi connectivity index (χ1n) is 8.45. The summed E-state index contributed by atoms with van der Waals surface area (Å²) in [6.07, 6.45) is 8.29. The summed E-state index contributed by atoms with van der Waals surface area (Å²) < 4.78 is 5.97. The molecule has 0 aromatic rings. The highest BCUT2D eigenvalue weighted by molar-refractivity contribution is 4.94. The molecule has 2 N–H and O–H groups in total. The third-order valence-corrected chi connectivity index (χ3v) is 5.23. The number of nitrogens with zero attached hydrogens (tertiary/aromatic N) is 2. The molecule has 2 fully saturated rings. The van der Waals surface area contributed by atoms with Crippen LogP contribution in [0.15, 0.2) is 0 Å². The first-order valence-corrected chi connectivity index (χ1v) is 8.45. The second kappa shape index (κ2) is 7.74. The predicted molar refractivity (Wildman–Crippen MR) is 84.0 cm³/mol. The average molecular weight is 283 g/mol. The maximum absolute atomic E-state index is 6.22. The highest BCUT2D eigenvalue weighted by Gasteiger charge is 2.36. The molecule has 2 rings (SSSR count). The Hall–Kier alpha value is -0.160. The summed E-state index contributed by atoms with van der Waals surface area (Å²) in [6.45, 7) is 8.17. The zero-order chi connectivity index (χ0) is 14.4. The van der Waals surface area contributed by atoms with Crippen LogP contribution in [0.3, 0.4) is 0 Å². The number of hydrogen-bond donors (Lipinski definition) is 1.